The van der Waals surface area contributed by atoms with Gasteiger partial charge < -0.3 is 19.8 Å². The topological polar surface area (TPSA) is 73.2 Å². The highest BCUT2D eigenvalue weighted by Crippen LogP contribution is 2.65. The monoisotopic (exact) mass is 528 g/mol. The summed E-state index contributed by atoms with van der Waals surface area (Å²) in [6, 6.07) is 11.8. The van der Waals surface area contributed by atoms with Gasteiger partial charge in [0.1, 0.15) is 6.10 Å². The van der Waals surface area contributed by atoms with Crippen molar-refractivity contribution in [3.8, 4) is 11.5 Å². The summed E-state index contributed by atoms with van der Waals surface area (Å²) in [4.78, 5) is 18.1. The van der Waals surface area contributed by atoms with E-state index in [4.69, 9.17) is 4.74 Å². The summed E-state index contributed by atoms with van der Waals surface area (Å²) < 4.78 is 7.86. The lowest BCUT2D eigenvalue weighted by molar-refractivity contribution is -0.200. The van der Waals surface area contributed by atoms with E-state index in [1.165, 1.54) is 10.3 Å². The minimum Gasteiger partial charge on any atom is -0.504 e. The second kappa shape index (κ2) is 7.84. The van der Waals surface area contributed by atoms with Gasteiger partial charge in [0.15, 0.2) is 11.5 Å². The van der Waals surface area contributed by atoms with Gasteiger partial charge in [0, 0.05) is 35.8 Å². The van der Waals surface area contributed by atoms with Gasteiger partial charge in [-0.15, -0.1) is 11.3 Å². The van der Waals surface area contributed by atoms with Crippen molar-refractivity contribution in [3.05, 3.63) is 70.6 Å². The van der Waals surface area contributed by atoms with Crippen LogP contribution in [0.15, 0.2) is 53.9 Å². The molecule has 7 heteroatoms. The zero-order valence-electron chi connectivity index (χ0n) is 21.5. The first-order valence-electron chi connectivity index (χ1n) is 13.8. The molecule has 2 N–H and O–H groups in total. The third-order valence-corrected chi connectivity index (χ3v) is 11.2. The van der Waals surface area contributed by atoms with Crippen LogP contribution < -0.4 is 4.74 Å². The average molecular weight is 529 g/mol. The molecule has 2 bridgehead atoms. The van der Waals surface area contributed by atoms with Crippen molar-refractivity contribution in [2.45, 2.75) is 61.3 Å². The molecule has 1 amide bonds. The lowest BCUT2D eigenvalue weighted by atomic mass is 9.48. The molecular weight excluding hydrogens is 496 g/mol. The van der Waals surface area contributed by atoms with Crippen molar-refractivity contribution in [3.63, 3.8) is 0 Å². The summed E-state index contributed by atoms with van der Waals surface area (Å²) in [5, 5.41) is 26.7. The number of thiophene rings is 1. The van der Waals surface area contributed by atoms with Gasteiger partial charge in [0.2, 0.25) is 5.91 Å². The van der Waals surface area contributed by atoms with Gasteiger partial charge in [-0.2, -0.15) is 0 Å². The van der Waals surface area contributed by atoms with E-state index in [9.17, 15) is 15.0 Å². The number of rotatable bonds is 5. The van der Waals surface area contributed by atoms with Crippen molar-refractivity contribution in [1.29, 1.82) is 0 Å². The zero-order valence-corrected chi connectivity index (χ0v) is 22.3. The molecule has 1 saturated heterocycles. The molecule has 0 unspecified atom stereocenters. The van der Waals surface area contributed by atoms with E-state index in [0.29, 0.717) is 30.9 Å². The van der Waals surface area contributed by atoms with Crippen LogP contribution in [0.3, 0.4) is 0 Å². The van der Waals surface area contributed by atoms with Gasteiger partial charge in [0.05, 0.1) is 23.5 Å². The maximum atomic E-state index is 13.7. The number of aromatic hydroxyl groups is 1. The number of likely N-dealkylation sites (N-methyl/N-ethyl adjacent to an activating group) is 1. The Labute approximate surface area is 226 Å². The molecule has 2 aromatic carbocycles. The number of fused-ring (bicyclic) bond motifs is 1. The third-order valence-electron chi connectivity index (χ3n) is 10.3. The Morgan fingerprint density at radius 1 is 1.21 bits per heavy atom. The number of aliphatic hydroxyl groups is 1. The van der Waals surface area contributed by atoms with Crippen LogP contribution in [0.4, 0.5) is 0 Å². The minimum absolute atomic E-state index is 0.00546. The molecule has 38 heavy (non-hydrogen) atoms. The lowest BCUT2D eigenvalue weighted by Gasteiger charge is -2.64. The van der Waals surface area contributed by atoms with Crippen LogP contribution in [-0.2, 0) is 23.1 Å². The van der Waals surface area contributed by atoms with E-state index >= 15 is 0 Å². The number of benzene rings is 2. The van der Waals surface area contributed by atoms with E-state index in [0.717, 1.165) is 42.4 Å². The molecule has 1 saturated carbocycles. The smallest absolute Gasteiger partial charge is 0.227 e. The Balaban J connectivity index is 1.17. The lowest BCUT2D eigenvalue weighted by Crippen LogP contribution is -2.78. The number of phenolic OH excluding ortho intramolecular Hbond substituents is 1. The fourth-order valence-corrected chi connectivity index (χ4v) is 9.21. The van der Waals surface area contributed by atoms with Crippen molar-refractivity contribution in [1.82, 2.24) is 9.80 Å². The number of ether oxygens (including phenoxy) is 1. The predicted octanol–water partition coefficient (Wildman–Crippen LogP) is 4.02. The fourth-order valence-electron chi connectivity index (χ4n) is 8.37. The normalized spacial score (nSPS) is 32.7. The molecule has 0 radical (unpaired) electrons. The second-order valence-electron chi connectivity index (χ2n) is 11.9. The van der Waals surface area contributed by atoms with Gasteiger partial charge in [-0.3, -0.25) is 9.69 Å². The summed E-state index contributed by atoms with van der Waals surface area (Å²) >= 11 is 1.69. The molecule has 3 aromatic rings. The number of carbonyl (C=O) groups is 1. The largest absolute Gasteiger partial charge is 0.504 e. The van der Waals surface area contributed by atoms with Gasteiger partial charge in [-0.05, 0) is 72.3 Å². The molecular formula is C31H32N2O4S. The van der Waals surface area contributed by atoms with Gasteiger partial charge in [-0.1, -0.05) is 30.4 Å². The standard InChI is InChI=1S/C31H32N2O4S/c1-32(26(35)16-19-3-2-4-24-21(19)10-14-38-24)22-9-11-31(36)25-15-20-7-8-23(34)28-27(20)30(31,29(22)37-28)12-13-33(25)17-18-5-6-18/h2-8,10,14,18,22,25,29,34,36H,9,11-13,15-17H2,1H3/t22-,25-,29+,30+,31-/m1/s1. The summed E-state index contributed by atoms with van der Waals surface area (Å²) in [7, 11) is 1.89. The van der Waals surface area contributed by atoms with Crippen LogP contribution in [0.2, 0.25) is 0 Å². The number of phenols is 1. The SMILES string of the molecule is CN(C(=O)Cc1cccc2sccc12)[C@@H]1CC[C@@]2(O)[C@H]3Cc4ccc(O)c5c4[C@@]2(CCN3CC2C=C2)[C@H]1O5. The second-order valence-corrected chi connectivity index (χ2v) is 12.9. The number of likely N-dealkylation sites (tertiary alicyclic amines) is 1. The fraction of sp³-hybridized carbons (Fsp3) is 0.452. The molecule has 2 fully saturated rings. The van der Waals surface area contributed by atoms with Crippen molar-refractivity contribution in [2.24, 2.45) is 5.92 Å². The first-order chi connectivity index (χ1) is 18.4. The first-order valence-corrected chi connectivity index (χ1v) is 14.7. The Kier molecular flexibility index (Phi) is 4.76. The summed E-state index contributed by atoms with van der Waals surface area (Å²) in [6.07, 6.45) is 7.21. The number of hydrogen-bond acceptors (Lipinski definition) is 6. The van der Waals surface area contributed by atoms with Crippen molar-refractivity contribution >= 4 is 27.3 Å². The number of amides is 1. The van der Waals surface area contributed by atoms with Gasteiger partial charge in [0.25, 0.3) is 0 Å². The Morgan fingerprint density at radius 3 is 2.92 bits per heavy atom. The molecule has 1 spiro atoms. The Bertz CT molecular complexity index is 1510. The van der Waals surface area contributed by atoms with Crippen LogP contribution in [0.1, 0.15) is 36.0 Å². The highest BCUT2D eigenvalue weighted by Gasteiger charge is 2.73. The molecule has 3 heterocycles. The summed E-state index contributed by atoms with van der Waals surface area (Å²) in [5.41, 5.74) is 1.62. The molecule has 2 aliphatic heterocycles. The predicted molar refractivity (Wildman–Crippen MR) is 147 cm³/mol. The molecule has 196 valence electrons. The van der Waals surface area contributed by atoms with Gasteiger partial charge in [-0.25, -0.2) is 0 Å². The van der Waals surface area contributed by atoms with E-state index in [2.05, 4.69) is 34.6 Å². The Hall–Kier alpha value is -2.87. The highest BCUT2D eigenvalue weighted by atomic mass is 32.1. The van der Waals surface area contributed by atoms with E-state index in [1.807, 2.05) is 30.1 Å². The molecule has 6 nitrogen and oxygen atoms in total. The molecule has 5 atom stereocenters. The van der Waals surface area contributed by atoms with Crippen LogP contribution in [-0.4, -0.2) is 69.8 Å². The highest BCUT2D eigenvalue weighted by molar-refractivity contribution is 7.17. The molecule has 8 rings (SSSR count). The van der Waals surface area contributed by atoms with Crippen LogP contribution in [0.5, 0.6) is 11.5 Å². The summed E-state index contributed by atoms with van der Waals surface area (Å²) in [5.74, 6) is 1.23. The van der Waals surface area contributed by atoms with E-state index < -0.39 is 17.1 Å². The maximum absolute atomic E-state index is 13.7. The van der Waals surface area contributed by atoms with Crippen LogP contribution >= 0.6 is 11.3 Å². The average Bonchev–Trinajstić information content (AvgIpc) is 3.45. The van der Waals surface area contributed by atoms with Crippen molar-refractivity contribution in [2.75, 3.05) is 20.1 Å². The third kappa shape index (κ3) is 2.93. The summed E-state index contributed by atoms with van der Waals surface area (Å²) in [6.45, 7) is 1.83. The van der Waals surface area contributed by atoms with Crippen LogP contribution in [0, 0.1) is 5.92 Å². The molecule has 1 aromatic heterocycles. The zero-order chi connectivity index (χ0) is 25.8. The Morgan fingerprint density at radius 2 is 2.08 bits per heavy atom. The first kappa shape index (κ1) is 23.1. The number of carbonyl (C=O) groups excluding carboxylic acids is 1. The number of hydrogen-bond donors (Lipinski definition) is 2. The van der Waals surface area contributed by atoms with Crippen molar-refractivity contribution < 1.29 is 19.7 Å². The van der Waals surface area contributed by atoms with Gasteiger partial charge >= 0.3 is 0 Å². The van der Waals surface area contributed by atoms with E-state index in [1.54, 1.807) is 17.4 Å². The molecule has 3 aliphatic carbocycles. The maximum Gasteiger partial charge on any atom is 0.227 e. The minimum atomic E-state index is -0.959. The molecule has 5 aliphatic rings. The van der Waals surface area contributed by atoms with E-state index in [-0.39, 0.29) is 23.7 Å². The van der Waals surface area contributed by atoms with Crippen LogP contribution in [0.25, 0.3) is 10.1 Å². The number of nitrogens with zero attached hydrogens (tertiary/aromatic N) is 2. The quantitative estimate of drug-likeness (QED) is 0.490. The number of piperidine rings is 1.